The standard InChI is InChI=1S/C9H6ClN3O5/c1-17-8-11-12(9(14)18-8)7-3-2-5(13(15)16)4-6(7)10/h2-4H,1H3. The van der Waals surface area contributed by atoms with Gasteiger partial charge in [-0.1, -0.05) is 16.7 Å². The molecule has 0 amide bonds. The first kappa shape index (κ1) is 12.1. The molecule has 94 valence electrons. The fourth-order valence-corrected chi connectivity index (χ4v) is 1.53. The number of nitro groups is 1. The lowest BCUT2D eigenvalue weighted by atomic mass is 10.3. The Balaban J connectivity index is 2.54. The zero-order valence-corrected chi connectivity index (χ0v) is 9.75. The van der Waals surface area contributed by atoms with Crippen molar-refractivity contribution in [2.45, 2.75) is 0 Å². The monoisotopic (exact) mass is 271 g/mol. The van der Waals surface area contributed by atoms with Crippen LogP contribution >= 0.6 is 11.6 Å². The van der Waals surface area contributed by atoms with E-state index >= 15 is 0 Å². The van der Waals surface area contributed by atoms with E-state index in [0.717, 1.165) is 10.7 Å². The summed E-state index contributed by atoms with van der Waals surface area (Å²) in [7, 11) is 1.28. The molecule has 1 heterocycles. The summed E-state index contributed by atoms with van der Waals surface area (Å²) in [5.74, 6) is -0.803. The summed E-state index contributed by atoms with van der Waals surface area (Å²) in [6, 6.07) is 3.61. The molecule has 0 atom stereocenters. The van der Waals surface area contributed by atoms with Gasteiger partial charge in [-0.15, -0.1) is 0 Å². The summed E-state index contributed by atoms with van der Waals surface area (Å²) >= 11 is 5.85. The van der Waals surface area contributed by atoms with Crippen molar-refractivity contribution < 1.29 is 14.1 Å². The molecule has 0 spiro atoms. The quantitative estimate of drug-likeness (QED) is 0.618. The topological polar surface area (TPSA) is 100 Å². The number of methoxy groups -OCH3 is 1. The molecule has 0 unspecified atom stereocenters. The molecule has 1 aromatic heterocycles. The number of ether oxygens (including phenoxy) is 1. The van der Waals surface area contributed by atoms with Crippen LogP contribution in [-0.4, -0.2) is 21.8 Å². The van der Waals surface area contributed by atoms with Crippen molar-refractivity contribution in [1.82, 2.24) is 9.78 Å². The first-order valence-electron chi connectivity index (χ1n) is 4.61. The van der Waals surface area contributed by atoms with Crippen LogP contribution < -0.4 is 10.5 Å². The lowest BCUT2D eigenvalue weighted by molar-refractivity contribution is -0.384. The maximum absolute atomic E-state index is 11.4. The van der Waals surface area contributed by atoms with Crippen LogP contribution in [0.5, 0.6) is 6.08 Å². The number of hydrogen-bond donors (Lipinski definition) is 0. The predicted molar refractivity (Wildman–Crippen MR) is 60.3 cm³/mol. The zero-order valence-electron chi connectivity index (χ0n) is 8.99. The molecule has 0 bridgehead atoms. The molecule has 0 aliphatic heterocycles. The highest BCUT2D eigenvalue weighted by atomic mass is 35.5. The first-order valence-corrected chi connectivity index (χ1v) is 4.99. The molecule has 0 saturated heterocycles. The number of aromatic nitrogens is 2. The minimum atomic E-state index is -0.803. The first-order chi connectivity index (χ1) is 8.52. The van der Waals surface area contributed by atoms with Gasteiger partial charge >= 0.3 is 11.8 Å². The number of halogens is 1. The Kier molecular flexibility index (Phi) is 3.02. The summed E-state index contributed by atoms with van der Waals surface area (Å²) in [4.78, 5) is 21.4. The molecule has 18 heavy (non-hydrogen) atoms. The largest absolute Gasteiger partial charge is 0.452 e. The maximum Gasteiger partial charge on any atom is 0.444 e. The molecular formula is C9H6ClN3O5. The van der Waals surface area contributed by atoms with Crippen LogP contribution in [0.1, 0.15) is 0 Å². The van der Waals surface area contributed by atoms with Crippen molar-refractivity contribution >= 4 is 17.3 Å². The Morgan fingerprint density at radius 1 is 1.56 bits per heavy atom. The van der Waals surface area contributed by atoms with Gasteiger partial charge in [0.25, 0.3) is 5.69 Å². The van der Waals surface area contributed by atoms with Crippen molar-refractivity contribution in [2.24, 2.45) is 0 Å². The number of hydrogen-bond acceptors (Lipinski definition) is 6. The Labute approximate surface area is 104 Å². The fourth-order valence-electron chi connectivity index (χ4n) is 1.28. The lowest BCUT2D eigenvalue weighted by Gasteiger charge is -2.00. The Morgan fingerprint density at radius 2 is 2.28 bits per heavy atom. The molecule has 8 nitrogen and oxygen atoms in total. The fraction of sp³-hybridized carbons (Fsp3) is 0.111. The van der Waals surface area contributed by atoms with E-state index in [-0.39, 0.29) is 22.5 Å². The maximum atomic E-state index is 11.4. The number of rotatable bonds is 3. The van der Waals surface area contributed by atoms with E-state index in [1.807, 2.05) is 0 Å². The van der Waals surface area contributed by atoms with Crippen LogP contribution in [0, 0.1) is 10.1 Å². The van der Waals surface area contributed by atoms with Gasteiger partial charge in [-0.2, -0.15) is 4.68 Å². The summed E-state index contributed by atoms with van der Waals surface area (Å²) in [6.07, 6.45) is -0.227. The van der Waals surface area contributed by atoms with E-state index in [4.69, 9.17) is 11.6 Å². The van der Waals surface area contributed by atoms with Crippen molar-refractivity contribution in [1.29, 1.82) is 0 Å². The smallest absolute Gasteiger partial charge is 0.444 e. The van der Waals surface area contributed by atoms with Crippen LogP contribution in [-0.2, 0) is 0 Å². The summed E-state index contributed by atoms with van der Waals surface area (Å²) in [5, 5.41) is 14.2. The highest BCUT2D eigenvalue weighted by Crippen LogP contribution is 2.24. The number of benzene rings is 1. The predicted octanol–water partition coefficient (Wildman–Crippen LogP) is 1.40. The molecule has 0 saturated carbocycles. The van der Waals surface area contributed by atoms with Gasteiger partial charge in [0.15, 0.2) is 0 Å². The van der Waals surface area contributed by atoms with Gasteiger partial charge in [0.05, 0.1) is 22.7 Å². The van der Waals surface area contributed by atoms with E-state index < -0.39 is 10.7 Å². The Bertz CT molecular complexity index is 662. The van der Waals surface area contributed by atoms with E-state index in [0.29, 0.717) is 0 Å². The summed E-state index contributed by atoms with van der Waals surface area (Å²) in [5.41, 5.74) is -0.0217. The van der Waals surface area contributed by atoms with Crippen molar-refractivity contribution in [3.05, 3.63) is 43.9 Å². The van der Waals surface area contributed by atoms with Crippen LogP contribution in [0.4, 0.5) is 5.69 Å². The highest BCUT2D eigenvalue weighted by Gasteiger charge is 2.15. The molecular weight excluding hydrogens is 266 g/mol. The van der Waals surface area contributed by atoms with Crippen molar-refractivity contribution in [3.63, 3.8) is 0 Å². The van der Waals surface area contributed by atoms with Gasteiger partial charge in [0.2, 0.25) is 0 Å². The van der Waals surface area contributed by atoms with Crippen LogP contribution in [0.15, 0.2) is 27.4 Å². The minimum Gasteiger partial charge on any atom is -0.452 e. The average molecular weight is 272 g/mol. The van der Waals surface area contributed by atoms with Gasteiger partial charge in [0.1, 0.15) is 0 Å². The Morgan fingerprint density at radius 3 is 2.78 bits per heavy atom. The molecule has 2 aromatic rings. The average Bonchev–Trinajstić information content (AvgIpc) is 2.70. The molecule has 2 rings (SSSR count). The molecule has 0 aliphatic rings. The molecule has 1 aromatic carbocycles. The molecule has 9 heteroatoms. The number of nitrogens with zero attached hydrogens (tertiary/aromatic N) is 3. The van der Waals surface area contributed by atoms with E-state index in [2.05, 4.69) is 14.3 Å². The SMILES string of the molecule is COc1nn(-c2ccc([N+](=O)[O-])cc2Cl)c(=O)o1. The van der Waals surface area contributed by atoms with Gasteiger partial charge in [-0.05, 0) is 6.07 Å². The van der Waals surface area contributed by atoms with Crippen LogP contribution in [0.2, 0.25) is 5.02 Å². The second-order valence-electron chi connectivity index (χ2n) is 3.14. The zero-order chi connectivity index (χ0) is 13.3. The van der Waals surface area contributed by atoms with Gasteiger partial charge in [-0.25, -0.2) is 4.79 Å². The normalized spacial score (nSPS) is 10.3. The van der Waals surface area contributed by atoms with Gasteiger partial charge in [-0.3, -0.25) is 10.1 Å². The van der Waals surface area contributed by atoms with Crippen molar-refractivity contribution in [3.8, 4) is 11.8 Å². The van der Waals surface area contributed by atoms with E-state index in [1.54, 1.807) is 0 Å². The summed E-state index contributed by atoms with van der Waals surface area (Å²) < 4.78 is 10.1. The lowest BCUT2D eigenvalue weighted by Crippen LogP contribution is -2.13. The number of nitro benzene ring substituents is 1. The van der Waals surface area contributed by atoms with Crippen LogP contribution in [0.3, 0.4) is 0 Å². The Hall–Kier alpha value is -2.35. The van der Waals surface area contributed by atoms with E-state index in [1.165, 1.54) is 19.2 Å². The molecule has 0 N–H and O–H groups in total. The van der Waals surface area contributed by atoms with E-state index in [9.17, 15) is 14.9 Å². The molecule has 0 aliphatic carbocycles. The molecule has 0 radical (unpaired) electrons. The second kappa shape index (κ2) is 4.49. The number of non-ortho nitro benzene ring substituents is 1. The minimum absolute atomic E-state index is 0.00209. The van der Waals surface area contributed by atoms with Gasteiger partial charge < -0.3 is 9.15 Å². The van der Waals surface area contributed by atoms with Gasteiger partial charge in [0, 0.05) is 12.1 Å². The summed E-state index contributed by atoms with van der Waals surface area (Å²) in [6.45, 7) is 0. The highest BCUT2D eigenvalue weighted by molar-refractivity contribution is 6.32. The third kappa shape index (κ3) is 2.05. The second-order valence-corrected chi connectivity index (χ2v) is 3.55. The molecule has 0 fully saturated rings. The van der Waals surface area contributed by atoms with Crippen LogP contribution in [0.25, 0.3) is 5.69 Å². The van der Waals surface area contributed by atoms with Crippen molar-refractivity contribution in [2.75, 3.05) is 7.11 Å². The third-order valence-corrected chi connectivity index (χ3v) is 2.38. The third-order valence-electron chi connectivity index (χ3n) is 2.07.